The Hall–Kier alpha value is -4.66. The molecule has 2 N–H and O–H groups in total. The number of nitrogens with zero attached hydrogens (tertiary/aromatic N) is 1. The van der Waals surface area contributed by atoms with Crippen LogP contribution in [0.1, 0.15) is 48.3 Å². The zero-order valence-electron chi connectivity index (χ0n) is 23.0. The summed E-state index contributed by atoms with van der Waals surface area (Å²) in [7, 11) is 1.55. The maximum Gasteiger partial charge on any atom is 0.407 e. The molecule has 0 bridgehead atoms. The maximum atomic E-state index is 13.2. The second-order valence-corrected chi connectivity index (χ2v) is 9.98. The number of carbonyl (C=O) groups excluding carboxylic acids is 3. The zero-order valence-corrected chi connectivity index (χ0v) is 23.0. The fourth-order valence-electron chi connectivity index (χ4n) is 4.95. The summed E-state index contributed by atoms with van der Waals surface area (Å²) in [6.07, 6.45) is -0.341. The van der Waals surface area contributed by atoms with E-state index in [-0.39, 0.29) is 38.5 Å². The lowest BCUT2D eigenvalue weighted by atomic mass is 9.98. The van der Waals surface area contributed by atoms with Crippen LogP contribution < -0.4 is 5.32 Å². The van der Waals surface area contributed by atoms with Crippen LogP contribution in [-0.4, -0.2) is 60.2 Å². The molecule has 0 saturated heterocycles. The Morgan fingerprint density at radius 1 is 0.854 bits per heavy atom. The number of fused-ring (bicyclic) bond motifs is 3. The Kier molecular flexibility index (Phi) is 10.1. The number of unbranched alkanes of at least 4 members (excludes halogenated alkanes) is 1. The molecular weight excluding hydrogens is 524 g/mol. The van der Waals surface area contributed by atoms with Crippen molar-refractivity contribution in [1.29, 1.82) is 0 Å². The van der Waals surface area contributed by atoms with E-state index < -0.39 is 30.0 Å². The van der Waals surface area contributed by atoms with Crippen molar-refractivity contribution in [2.45, 2.75) is 44.2 Å². The number of likely N-dealkylation sites (N-methyl/N-ethyl adjacent to an activating group) is 1. The van der Waals surface area contributed by atoms with Gasteiger partial charge in [-0.2, -0.15) is 0 Å². The molecule has 0 radical (unpaired) electrons. The number of carboxylic acids is 1. The smallest absolute Gasteiger partial charge is 0.407 e. The average molecular weight is 559 g/mol. The Labute approximate surface area is 239 Å². The van der Waals surface area contributed by atoms with E-state index in [2.05, 4.69) is 5.32 Å². The fraction of sp³-hybridized carbons (Fsp3) is 0.312. The molecule has 0 saturated carbocycles. The van der Waals surface area contributed by atoms with E-state index in [1.807, 2.05) is 78.9 Å². The number of nitrogens with one attached hydrogen (secondary N) is 1. The van der Waals surface area contributed by atoms with Crippen LogP contribution in [0.25, 0.3) is 11.1 Å². The number of benzene rings is 3. The highest BCUT2D eigenvalue weighted by atomic mass is 16.5. The number of hydrogen-bond acceptors (Lipinski definition) is 6. The van der Waals surface area contributed by atoms with Crippen molar-refractivity contribution in [3.8, 4) is 11.1 Å². The lowest BCUT2D eigenvalue weighted by Gasteiger charge is -2.24. The van der Waals surface area contributed by atoms with Gasteiger partial charge in [0, 0.05) is 25.9 Å². The van der Waals surface area contributed by atoms with Gasteiger partial charge in [0.1, 0.15) is 19.3 Å². The summed E-state index contributed by atoms with van der Waals surface area (Å²) in [6.45, 7) is 0.370. The van der Waals surface area contributed by atoms with Crippen LogP contribution in [0.2, 0.25) is 0 Å². The van der Waals surface area contributed by atoms with E-state index in [1.165, 1.54) is 4.90 Å². The standard InChI is InChI=1S/C32H34N2O7/c1-34(18-10-9-17-29(35)36)31(38)28(19-30(37)40-20-22-11-3-2-4-12-22)33-32(39)41-21-27-25-15-7-5-13-23(25)24-14-6-8-16-26(24)27/h2-8,11-16,27-28H,9-10,17-21H2,1H3,(H,33,39)(H,35,36)/t28-/m0/s1. The fourth-order valence-corrected chi connectivity index (χ4v) is 4.95. The predicted molar refractivity (Wildman–Crippen MR) is 152 cm³/mol. The van der Waals surface area contributed by atoms with Crippen molar-refractivity contribution in [3.63, 3.8) is 0 Å². The molecule has 3 aromatic rings. The van der Waals surface area contributed by atoms with Gasteiger partial charge in [-0.3, -0.25) is 14.4 Å². The minimum absolute atomic E-state index is 0.00469. The highest BCUT2D eigenvalue weighted by molar-refractivity contribution is 5.89. The number of hydrogen-bond donors (Lipinski definition) is 2. The first-order valence-corrected chi connectivity index (χ1v) is 13.6. The second kappa shape index (κ2) is 14.1. The third-order valence-corrected chi connectivity index (χ3v) is 7.06. The summed E-state index contributed by atoms with van der Waals surface area (Å²) in [5.74, 6) is -2.21. The Balaban J connectivity index is 1.39. The summed E-state index contributed by atoms with van der Waals surface area (Å²) >= 11 is 0. The summed E-state index contributed by atoms with van der Waals surface area (Å²) in [5, 5.41) is 11.4. The molecule has 41 heavy (non-hydrogen) atoms. The van der Waals surface area contributed by atoms with Crippen molar-refractivity contribution in [2.24, 2.45) is 0 Å². The molecule has 0 fully saturated rings. The van der Waals surface area contributed by atoms with Gasteiger partial charge in [-0.25, -0.2) is 4.79 Å². The van der Waals surface area contributed by atoms with Crippen LogP contribution >= 0.6 is 0 Å². The number of esters is 1. The minimum atomic E-state index is -1.21. The van der Waals surface area contributed by atoms with Crippen LogP contribution in [0.3, 0.4) is 0 Å². The summed E-state index contributed by atoms with van der Waals surface area (Å²) in [5.41, 5.74) is 5.09. The van der Waals surface area contributed by atoms with Gasteiger partial charge in [-0.05, 0) is 40.7 Å². The number of aliphatic carboxylic acids is 1. The molecule has 0 aliphatic heterocycles. The van der Waals surface area contributed by atoms with E-state index in [1.54, 1.807) is 7.05 Å². The monoisotopic (exact) mass is 558 g/mol. The molecule has 1 aliphatic rings. The van der Waals surface area contributed by atoms with Crippen molar-refractivity contribution in [1.82, 2.24) is 10.2 Å². The molecule has 0 unspecified atom stereocenters. The zero-order chi connectivity index (χ0) is 29.2. The molecule has 1 atom stereocenters. The summed E-state index contributed by atoms with van der Waals surface area (Å²) < 4.78 is 10.9. The molecule has 4 rings (SSSR count). The van der Waals surface area contributed by atoms with E-state index >= 15 is 0 Å². The number of amides is 2. The van der Waals surface area contributed by atoms with Crippen LogP contribution in [0.5, 0.6) is 0 Å². The topological polar surface area (TPSA) is 122 Å². The van der Waals surface area contributed by atoms with Gasteiger partial charge in [0.05, 0.1) is 6.42 Å². The first kappa shape index (κ1) is 29.3. The van der Waals surface area contributed by atoms with Crippen LogP contribution in [0.15, 0.2) is 78.9 Å². The Bertz CT molecular complexity index is 1330. The first-order valence-electron chi connectivity index (χ1n) is 13.6. The number of ether oxygens (including phenoxy) is 2. The molecular formula is C32H34N2O7. The van der Waals surface area contributed by atoms with Crippen molar-refractivity contribution in [3.05, 3.63) is 95.6 Å². The molecule has 9 nitrogen and oxygen atoms in total. The van der Waals surface area contributed by atoms with Crippen molar-refractivity contribution in [2.75, 3.05) is 20.2 Å². The van der Waals surface area contributed by atoms with Gasteiger partial charge in [0.25, 0.3) is 0 Å². The molecule has 0 aromatic heterocycles. The lowest BCUT2D eigenvalue weighted by Crippen LogP contribution is -2.49. The molecule has 214 valence electrons. The summed E-state index contributed by atoms with van der Waals surface area (Å²) in [4.78, 5) is 51.0. The van der Waals surface area contributed by atoms with E-state index in [0.29, 0.717) is 12.8 Å². The van der Waals surface area contributed by atoms with Gasteiger partial charge in [0.15, 0.2) is 0 Å². The molecule has 9 heteroatoms. The number of carbonyl (C=O) groups is 4. The van der Waals surface area contributed by atoms with Crippen molar-refractivity contribution >= 4 is 23.9 Å². The third-order valence-electron chi connectivity index (χ3n) is 7.06. The second-order valence-electron chi connectivity index (χ2n) is 9.98. The number of alkyl carbamates (subject to hydrolysis) is 1. The van der Waals surface area contributed by atoms with Crippen molar-refractivity contribution < 1.29 is 33.8 Å². The van der Waals surface area contributed by atoms with Crippen LogP contribution in [0.4, 0.5) is 4.79 Å². The molecule has 2 amide bonds. The Morgan fingerprint density at radius 2 is 1.46 bits per heavy atom. The summed E-state index contributed by atoms with van der Waals surface area (Å²) in [6, 6.07) is 23.8. The van der Waals surface area contributed by atoms with Gasteiger partial charge < -0.3 is 24.8 Å². The minimum Gasteiger partial charge on any atom is -0.481 e. The van der Waals surface area contributed by atoms with E-state index in [0.717, 1.165) is 27.8 Å². The number of rotatable bonds is 13. The molecule has 0 spiro atoms. The van der Waals surface area contributed by atoms with E-state index in [9.17, 15) is 19.2 Å². The van der Waals surface area contributed by atoms with Gasteiger partial charge >= 0.3 is 18.0 Å². The quantitative estimate of drug-likeness (QED) is 0.230. The van der Waals surface area contributed by atoms with Gasteiger partial charge in [0.2, 0.25) is 5.91 Å². The molecule has 3 aromatic carbocycles. The average Bonchev–Trinajstić information content (AvgIpc) is 3.30. The SMILES string of the molecule is CN(CCCCC(=O)O)C(=O)[C@H](CC(=O)OCc1ccccc1)NC(=O)OCC1c2ccccc2-c2ccccc21. The Morgan fingerprint density at radius 3 is 2.10 bits per heavy atom. The first-order chi connectivity index (χ1) is 19.8. The normalized spacial score (nSPS) is 12.5. The molecule has 0 heterocycles. The largest absolute Gasteiger partial charge is 0.481 e. The highest BCUT2D eigenvalue weighted by Gasteiger charge is 2.31. The van der Waals surface area contributed by atoms with E-state index in [4.69, 9.17) is 14.6 Å². The highest BCUT2D eigenvalue weighted by Crippen LogP contribution is 2.44. The third kappa shape index (κ3) is 7.94. The van der Waals surface area contributed by atoms with Gasteiger partial charge in [-0.15, -0.1) is 0 Å². The maximum absolute atomic E-state index is 13.2. The predicted octanol–water partition coefficient (Wildman–Crippen LogP) is 4.74. The lowest BCUT2D eigenvalue weighted by molar-refractivity contribution is -0.148. The number of carboxylic acid groups (broad SMARTS) is 1. The van der Waals surface area contributed by atoms with Crippen LogP contribution in [0, 0.1) is 0 Å². The van der Waals surface area contributed by atoms with Crippen LogP contribution in [-0.2, 0) is 30.5 Å². The van der Waals surface area contributed by atoms with Gasteiger partial charge in [-0.1, -0.05) is 78.9 Å². The molecule has 1 aliphatic carbocycles.